The normalized spacial score (nSPS) is 46.4. The SMILES string of the molecule is C1CCCCCC2CC23CC3CCCC1. The van der Waals surface area contributed by atoms with Gasteiger partial charge in [0.15, 0.2) is 0 Å². The van der Waals surface area contributed by atoms with Crippen molar-refractivity contribution in [3.63, 3.8) is 0 Å². The first-order valence-corrected chi connectivity index (χ1v) is 7.42. The van der Waals surface area contributed by atoms with Crippen LogP contribution >= 0.6 is 0 Å². The molecule has 3 saturated carbocycles. The zero-order valence-corrected chi connectivity index (χ0v) is 10.1. The van der Waals surface area contributed by atoms with E-state index in [0.717, 1.165) is 5.41 Å². The second kappa shape index (κ2) is 4.11. The second-order valence-electron chi connectivity index (χ2n) is 6.44. The average molecular weight is 206 g/mol. The Balaban J connectivity index is 1.48. The van der Waals surface area contributed by atoms with Gasteiger partial charge in [0.05, 0.1) is 0 Å². The third-order valence-corrected chi connectivity index (χ3v) is 5.41. The fraction of sp³-hybridized carbons (Fsp3) is 1.00. The van der Waals surface area contributed by atoms with Crippen molar-refractivity contribution in [1.29, 1.82) is 0 Å². The molecule has 0 N–H and O–H groups in total. The Bertz CT molecular complexity index is 194. The van der Waals surface area contributed by atoms with Gasteiger partial charge in [0.25, 0.3) is 0 Å². The molecule has 0 saturated heterocycles. The molecular weight excluding hydrogens is 180 g/mol. The van der Waals surface area contributed by atoms with E-state index in [0.29, 0.717) is 0 Å². The highest BCUT2D eigenvalue weighted by Crippen LogP contribution is 2.77. The molecule has 0 aliphatic heterocycles. The van der Waals surface area contributed by atoms with Crippen LogP contribution in [0.5, 0.6) is 0 Å². The molecule has 3 aliphatic rings. The molecule has 0 amide bonds. The minimum absolute atomic E-state index is 0.952. The first-order valence-electron chi connectivity index (χ1n) is 7.42. The van der Waals surface area contributed by atoms with E-state index in [1.165, 1.54) is 50.4 Å². The summed E-state index contributed by atoms with van der Waals surface area (Å²) in [7, 11) is 0. The molecule has 1 spiro atoms. The highest BCUT2D eigenvalue weighted by atomic mass is 14.7. The molecule has 2 unspecified atom stereocenters. The topological polar surface area (TPSA) is 0 Å². The summed E-state index contributed by atoms with van der Waals surface area (Å²) in [4.78, 5) is 0. The second-order valence-corrected chi connectivity index (χ2v) is 6.44. The molecule has 2 atom stereocenters. The first-order chi connectivity index (χ1) is 7.42. The highest BCUT2D eigenvalue weighted by molar-refractivity contribution is 5.17. The summed E-state index contributed by atoms with van der Waals surface area (Å²) in [5.41, 5.74) is 0.952. The Labute approximate surface area is 94.8 Å². The van der Waals surface area contributed by atoms with Crippen molar-refractivity contribution in [2.24, 2.45) is 17.3 Å². The molecule has 3 rings (SSSR count). The monoisotopic (exact) mass is 206 g/mol. The number of rotatable bonds is 0. The molecule has 0 radical (unpaired) electrons. The van der Waals surface area contributed by atoms with Crippen molar-refractivity contribution in [2.75, 3.05) is 0 Å². The van der Waals surface area contributed by atoms with E-state index in [1.807, 2.05) is 0 Å². The van der Waals surface area contributed by atoms with E-state index < -0.39 is 0 Å². The fourth-order valence-corrected chi connectivity index (χ4v) is 4.17. The largest absolute Gasteiger partial charge is 0.0533 e. The van der Waals surface area contributed by atoms with Gasteiger partial charge in [-0.15, -0.1) is 0 Å². The molecule has 0 bridgehead atoms. The van der Waals surface area contributed by atoms with Crippen LogP contribution in [0.2, 0.25) is 0 Å². The van der Waals surface area contributed by atoms with Crippen LogP contribution in [0, 0.1) is 17.3 Å². The first kappa shape index (κ1) is 10.2. The third-order valence-electron chi connectivity index (χ3n) is 5.41. The lowest BCUT2D eigenvalue weighted by Gasteiger charge is -2.01. The quantitative estimate of drug-likeness (QED) is 0.527. The van der Waals surface area contributed by atoms with Crippen molar-refractivity contribution in [3.05, 3.63) is 0 Å². The molecule has 3 aliphatic carbocycles. The molecule has 0 aromatic heterocycles. The zero-order valence-electron chi connectivity index (χ0n) is 10.1. The van der Waals surface area contributed by atoms with E-state index in [1.54, 1.807) is 38.5 Å². The zero-order chi connectivity index (χ0) is 10.1. The van der Waals surface area contributed by atoms with E-state index in [9.17, 15) is 0 Å². The standard InChI is InChI=1S/C15H26/c1-2-4-6-8-10-14-12-15(14)11-13(15)9-7-5-3-1/h13-14H,1-12H2. The molecule has 15 heavy (non-hydrogen) atoms. The van der Waals surface area contributed by atoms with Crippen LogP contribution in [0.25, 0.3) is 0 Å². The fourth-order valence-electron chi connectivity index (χ4n) is 4.17. The van der Waals surface area contributed by atoms with Gasteiger partial charge in [-0.25, -0.2) is 0 Å². The predicted octanol–water partition coefficient (Wildman–Crippen LogP) is 4.93. The Morgan fingerprint density at radius 1 is 0.533 bits per heavy atom. The van der Waals surface area contributed by atoms with Gasteiger partial charge in [-0.2, -0.15) is 0 Å². The maximum Gasteiger partial charge on any atom is -0.0235 e. The van der Waals surface area contributed by atoms with E-state index in [-0.39, 0.29) is 0 Å². The van der Waals surface area contributed by atoms with Gasteiger partial charge in [0, 0.05) is 0 Å². The smallest absolute Gasteiger partial charge is 0.0235 e. The lowest BCUT2D eigenvalue weighted by Crippen LogP contribution is -1.87. The van der Waals surface area contributed by atoms with Gasteiger partial charge < -0.3 is 0 Å². The van der Waals surface area contributed by atoms with E-state index in [2.05, 4.69) is 0 Å². The van der Waals surface area contributed by atoms with Crippen molar-refractivity contribution in [1.82, 2.24) is 0 Å². The maximum atomic E-state index is 1.62. The van der Waals surface area contributed by atoms with E-state index in [4.69, 9.17) is 0 Å². The lowest BCUT2D eigenvalue weighted by molar-refractivity contribution is 0.528. The lowest BCUT2D eigenvalue weighted by atomic mass is 10.1. The Morgan fingerprint density at radius 3 is 1.40 bits per heavy atom. The van der Waals surface area contributed by atoms with Gasteiger partial charge in [0.2, 0.25) is 0 Å². The summed E-state index contributed by atoms with van der Waals surface area (Å²) in [6.07, 6.45) is 18.6. The molecule has 0 aromatic carbocycles. The summed E-state index contributed by atoms with van der Waals surface area (Å²) in [6.45, 7) is 0. The molecule has 0 aromatic rings. The Kier molecular flexibility index (Phi) is 2.79. The Hall–Kier alpha value is 0. The molecular formula is C15H26. The van der Waals surface area contributed by atoms with Crippen molar-refractivity contribution in [3.8, 4) is 0 Å². The minimum atomic E-state index is 0.952. The van der Waals surface area contributed by atoms with Crippen LogP contribution < -0.4 is 0 Å². The maximum absolute atomic E-state index is 1.62. The summed E-state index contributed by atoms with van der Waals surface area (Å²) in [5, 5.41) is 0. The van der Waals surface area contributed by atoms with Gasteiger partial charge in [-0.05, 0) is 42.9 Å². The third kappa shape index (κ3) is 2.10. The molecule has 0 heteroatoms. The summed E-state index contributed by atoms with van der Waals surface area (Å²) in [5.74, 6) is 2.37. The minimum Gasteiger partial charge on any atom is -0.0533 e. The van der Waals surface area contributed by atoms with E-state index >= 15 is 0 Å². The van der Waals surface area contributed by atoms with Crippen LogP contribution in [0.4, 0.5) is 0 Å². The van der Waals surface area contributed by atoms with Crippen LogP contribution in [0.1, 0.15) is 77.0 Å². The predicted molar refractivity (Wildman–Crippen MR) is 64.8 cm³/mol. The molecule has 0 nitrogen and oxygen atoms in total. The van der Waals surface area contributed by atoms with Gasteiger partial charge in [0.1, 0.15) is 0 Å². The average Bonchev–Trinajstić information content (AvgIpc) is 3.11. The van der Waals surface area contributed by atoms with Crippen LogP contribution in [-0.2, 0) is 0 Å². The van der Waals surface area contributed by atoms with Crippen molar-refractivity contribution in [2.45, 2.75) is 77.0 Å². The molecule has 0 heterocycles. The summed E-state index contributed by atoms with van der Waals surface area (Å²) in [6, 6.07) is 0. The van der Waals surface area contributed by atoms with Crippen molar-refractivity contribution < 1.29 is 0 Å². The van der Waals surface area contributed by atoms with Gasteiger partial charge >= 0.3 is 0 Å². The van der Waals surface area contributed by atoms with Crippen LogP contribution in [0.15, 0.2) is 0 Å². The Morgan fingerprint density at radius 2 is 0.933 bits per heavy atom. The van der Waals surface area contributed by atoms with Gasteiger partial charge in [-0.3, -0.25) is 0 Å². The molecule has 3 fully saturated rings. The van der Waals surface area contributed by atoms with Gasteiger partial charge in [-0.1, -0.05) is 51.4 Å². The summed E-state index contributed by atoms with van der Waals surface area (Å²) >= 11 is 0. The van der Waals surface area contributed by atoms with Crippen LogP contribution in [0.3, 0.4) is 0 Å². The van der Waals surface area contributed by atoms with Crippen molar-refractivity contribution >= 4 is 0 Å². The number of hydrogen-bond acceptors (Lipinski definition) is 0. The number of hydrogen-bond donors (Lipinski definition) is 0. The highest BCUT2D eigenvalue weighted by Gasteiger charge is 2.68. The van der Waals surface area contributed by atoms with Crippen LogP contribution in [-0.4, -0.2) is 0 Å². The summed E-state index contributed by atoms with van der Waals surface area (Å²) < 4.78 is 0. The molecule has 86 valence electrons.